The lowest BCUT2D eigenvalue weighted by Crippen LogP contribution is -2.26. The predicted octanol–water partition coefficient (Wildman–Crippen LogP) is 3.15. The van der Waals surface area contributed by atoms with Crippen LogP contribution in [0, 0.1) is 5.92 Å². The van der Waals surface area contributed by atoms with Gasteiger partial charge in [0.15, 0.2) is 5.69 Å². The number of pyridine rings is 1. The first-order valence-corrected chi connectivity index (χ1v) is 8.16. The molecule has 1 amide bonds. The number of amides is 1. The summed E-state index contributed by atoms with van der Waals surface area (Å²) in [6.07, 6.45) is 4.34. The van der Waals surface area contributed by atoms with E-state index in [1.165, 1.54) is 12.8 Å². The van der Waals surface area contributed by atoms with E-state index in [2.05, 4.69) is 10.3 Å². The highest BCUT2D eigenvalue weighted by atomic mass is 16.5. The molecule has 2 aromatic heterocycles. The number of fused-ring (bicyclic) bond motifs is 1. The predicted molar refractivity (Wildman–Crippen MR) is 92.2 cm³/mol. The van der Waals surface area contributed by atoms with Gasteiger partial charge in [0.05, 0.1) is 12.8 Å². The van der Waals surface area contributed by atoms with Gasteiger partial charge in [-0.25, -0.2) is 4.98 Å². The molecule has 0 aliphatic heterocycles. The SMILES string of the molecule is COc1ccc(-c2c(C(=O)NCC3CC3)nc3ccccn23)cc1. The number of imidazole rings is 1. The third-order valence-corrected chi connectivity index (χ3v) is 4.36. The number of nitrogens with zero attached hydrogens (tertiary/aromatic N) is 2. The van der Waals surface area contributed by atoms with Crippen molar-refractivity contribution >= 4 is 11.6 Å². The maximum absolute atomic E-state index is 12.7. The molecule has 0 radical (unpaired) electrons. The van der Waals surface area contributed by atoms with E-state index in [9.17, 15) is 4.79 Å². The Kier molecular flexibility index (Phi) is 3.69. The van der Waals surface area contributed by atoms with Gasteiger partial charge in [-0.1, -0.05) is 6.07 Å². The van der Waals surface area contributed by atoms with Crippen molar-refractivity contribution in [3.8, 4) is 17.0 Å². The van der Waals surface area contributed by atoms with Crippen molar-refractivity contribution in [2.45, 2.75) is 12.8 Å². The highest BCUT2D eigenvalue weighted by Gasteiger charge is 2.24. The van der Waals surface area contributed by atoms with E-state index in [0.717, 1.165) is 29.2 Å². The lowest BCUT2D eigenvalue weighted by atomic mass is 10.1. The van der Waals surface area contributed by atoms with Crippen molar-refractivity contribution in [3.63, 3.8) is 0 Å². The van der Waals surface area contributed by atoms with Crippen LogP contribution >= 0.6 is 0 Å². The van der Waals surface area contributed by atoms with Crippen LogP contribution in [0.1, 0.15) is 23.3 Å². The first-order chi connectivity index (χ1) is 11.8. The molecule has 4 rings (SSSR count). The summed E-state index contributed by atoms with van der Waals surface area (Å²) in [7, 11) is 1.64. The quantitative estimate of drug-likeness (QED) is 0.785. The number of carbonyl (C=O) groups is 1. The number of nitrogens with one attached hydrogen (secondary N) is 1. The minimum atomic E-state index is -0.114. The number of aromatic nitrogens is 2. The average Bonchev–Trinajstić information content (AvgIpc) is 3.38. The second-order valence-corrected chi connectivity index (χ2v) is 6.12. The van der Waals surface area contributed by atoms with Gasteiger partial charge in [-0.05, 0) is 55.2 Å². The molecule has 1 aliphatic rings. The molecule has 1 aromatic carbocycles. The topological polar surface area (TPSA) is 55.6 Å². The zero-order valence-corrected chi connectivity index (χ0v) is 13.5. The molecule has 1 aliphatic carbocycles. The molecule has 0 bridgehead atoms. The van der Waals surface area contributed by atoms with Gasteiger partial charge in [-0.2, -0.15) is 0 Å². The average molecular weight is 321 g/mol. The molecule has 0 spiro atoms. The minimum absolute atomic E-state index is 0.114. The van der Waals surface area contributed by atoms with E-state index in [1.54, 1.807) is 7.11 Å². The van der Waals surface area contributed by atoms with Gasteiger partial charge in [0, 0.05) is 18.3 Å². The van der Waals surface area contributed by atoms with E-state index in [0.29, 0.717) is 11.6 Å². The fourth-order valence-electron chi connectivity index (χ4n) is 2.82. The fraction of sp³-hybridized carbons (Fsp3) is 0.263. The van der Waals surface area contributed by atoms with Crippen molar-refractivity contribution in [1.29, 1.82) is 0 Å². The Hall–Kier alpha value is -2.82. The molecule has 0 unspecified atom stereocenters. The lowest BCUT2D eigenvalue weighted by Gasteiger charge is -2.07. The number of hydrogen-bond acceptors (Lipinski definition) is 3. The van der Waals surface area contributed by atoms with Gasteiger partial charge in [0.2, 0.25) is 0 Å². The fourth-order valence-corrected chi connectivity index (χ4v) is 2.82. The van der Waals surface area contributed by atoms with Gasteiger partial charge >= 0.3 is 0 Å². The molecule has 3 aromatic rings. The number of benzene rings is 1. The molecule has 5 nitrogen and oxygen atoms in total. The van der Waals surface area contributed by atoms with Crippen LogP contribution in [0.5, 0.6) is 5.75 Å². The summed E-state index contributed by atoms with van der Waals surface area (Å²) in [5.74, 6) is 1.30. The summed E-state index contributed by atoms with van der Waals surface area (Å²) in [4.78, 5) is 17.2. The van der Waals surface area contributed by atoms with E-state index < -0.39 is 0 Å². The van der Waals surface area contributed by atoms with Crippen LogP contribution in [0.15, 0.2) is 48.7 Å². The number of hydrogen-bond donors (Lipinski definition) is 1. The molecule has 5 heteroatoms. The van der Waals surface area contributed by atoms with Crippen molar-refractivity contribution in [1.82, 2.24) is 14.7 Å². The maximum atomic E-state index is 12.7. The van der Waals surface area contributed by atoms with Gasteiger partial charge in [0.1, 0.15) is 11.4 Å². The van der Waals surface area contributed by atoms with E-state index >= 15 is 0 Å². The molecule has 1 saturated carbocycles. The highest BCUT2D eigenvalue weighted by Crippen LogP contribution is 2.29. The summed E-state index contributed by atoms with van der Waals surface area (Å²) in [5.41, 5.74) is 2.97. The molecule has 0 atom stereocenters. The molecule has 122 valence electrons. The van der Waals surface area contributed by atoms with E-state index in [-0.39, 0.29) is 5.91 Å². The normalized spacial score (nSPS) is 13.9. The summed E-state index contributed by atoms with van der Waals surface area (Å²) in [6, 6.07) is 13.5. The Morgan fingerprint density at radius 1 is 1.25 bits per heavy atom. The largest absolute Gasteiger partial charge is 0.497 e. The monoisotopic (exact) mass is 321 g/mol. The smallest absolute Gasteiger partial charge is 0.272 e. The molecular weight excluding hydrogens is 302 g/mol. The minimum Gasteiger partial charge on any atom is -0.497 e. The first kappa shape index (κ1) is 14.8. The Morgan fingerprint density at radius 3 is 2.75 bits per heavy atom. The standard InChI is InChI=1S/C19H19N3O2/c1-24-15-9-7-14(8-10-15)18-17(19(23)20-12-13-5-6-13)21-16-4-2-3-11-22(16)18/h2-4,7-11,13H,5-6,12H2,1H3,(H,20,23). The summed E-state index contributed by atoms with van der Waals surface area (Å²) in [5, 5.41) is 3.02. The molecular formula is C19H19N3O2. The van der Waals surface area contributed by atoms with Crippen LogP contribution in [0.3, 0.4) is 0 Å². The maximum Gasteiger partial charge on any atom is 0.272 e. The molecule has 1 N–H and O–H groups in total. The first-order valence-electron chi connectivity index (χ1n) is 8.16. The van der Waals surface area contributed by atoms with Crippen LogP contribution in [0.25, 0.3) is 16.9 Å². The van der Waals surface area contributed by atoms with Crippen LogP contribution in [-0.2, 0) is 0 Å². The highest BCUT2D eigenvalue weighted by molar-refractivity contribution is 5.99. The molecule has 0 saturated heterocycles. The Labute approximate surface area is 140 Å². The second kappa shape index (κ2) is 6.00. The zero-order valence-electron chi connectivity index (χ0n) is 13.5. The second-order valence-electron chi connectivity index (χ2n) is 6.12. The van der Waals surface area contributed by atoms with Crippen LogP contribution < -0.4 is 10.1 Å². The Bertz CT molecular complexity index is 879. The third-order valence-electron chi connectivity index (χ3n) is 4.36. The van der Waals surface area contributed by atoms with E-state index in [1.807, 2.05) is 53.1 Å². The molecule has 24 heavy (non-hydrogen) atoms. The third kappa shape index (κ3) is 2.73. The number of rotatable bonds is 5. The molecule has 2 heterocycles. The molecule has 1 fully saturated rings. The zero-order chi connectivity index (χ0) is 16.5. The van der Waals surface area contributed by atoms with Crippen molar-refractivity contribution in [2.75, 3.05) is 13.7 Å². The van der Waals surface area contributed by atoms with Crippen molar-refractivity contribution in [2.24, 2.45) is 5.92 Å². The summed E-state index contributed by atoms with van der Waals surface area (Å²) in [6.45, 7) is 0.731. The van der Waals surface area contributed by atoms with Crippen molar-refractivity contribution < 1.29 is 9.53 Å². The Balaban J connectivity index is 1.77. The summed E-state index contributed by atoms with van der Waals surface area (Å²) >= 11 is 0. The summed E-state index contributed by atoms with van der Waals surface area (Å²) < 4.78 is 7.17. The van der Waals surface area contributed by atoms with Crippen LogP contribution in [-0.4, -0.2) is 28.9 Å². The van der Waals surface area contributed by atoms with Gasteiger partial charge in [0.25, 0.3) is 5.91 Å². The van der Waals surface area contributed by atoms with Crippen molar-refractivity contribution in [3.05, 3.63) is 54.4 Å². The van der Waals surface area contributed by atoms with Crippen LogP contribution in [0.4, 0.5) is 0 Å². The number of carbonyl (C=O) groups excluding carboxylic acids is 1. The number of ether oxygens (including phenoxy) is 1. The van der Waals surface area contributed by atoms with Gasteiger partial charge in [-0.3, -0.25) is 9.20 Å². The van der Waals surface area contributed by atoms with Gasteiger partial charge in [-0.15, -0.1) is 0 Å². The number of methoxy groups -OCH3 is 1. The van der Waals surface area contributed by atoms with Gasteiger partial charge < -0.3 is 10.1 Å². The van der Waals surface area contributed by atoms with E-state index in [4.69, 9.17) is 4.74 Å². The lowest BCUT2D eigenvalue weighted by molar-refractivity contribution is 0.0948. The van der Waals surface area contributed by atoms with Crippen LogP contribution in [0.2, 0.25) is 0 Å². The Morgan fingerprint density at radius 2 is 2.04 bits per heavy atom.